The molecule has 1 saturated carbocycles. The Hall–Kier alpha value is -2.11. The predicted molar refractivity (Wildman–Crippen MR) is 121 cm³/mol. The Morgan fingerprint density at radius 3 is 2.56 bits per heavy atom. The van der Waals surface area contributed by atoms with Crippen molar-refractivity contribution in [2.24, 2.45) is 5.92 Å². The lowest BCUT2D eigenvalue weighted by Crippen LogP contribution is -2.48. The zero-order valence-electron chi connectivity index (χ0n) is 19.6. The molecule has 1 aromatic heterocycles. The molecule has 0 radical (unpaired) electrons. The summed E-state index contributed by atoms with van der Waals surface area (Å²) in [5, 5.41) is 9.21. The number of fused-ring (bicyclic) bond motifs is 1. The first-order valence-corrected chi connectivity index (χ1v) is 13.0. The van der Waals surface area contributed by atoms with Gasteiger partial charge in [0.05, 0.1) is 29.1 Å². The minimum Gasteiger partial charge on any atom is -0.479 e. The molecular weight excluding hydrogens is 468 g/mol. The van der Waals surface area contributed by atoms with Crippen molar-refractivity contribution in [2.45, 2.75) is 75.3 Å². The first kappa shape index (κ1) is 25.0. The van der Waals surface area contributed by atoms with Gasteiger partial charge < -0.3 is 14.4 Å². The fraction of sp³-hybridized carbons (Fsp3) is 0.652. The molecule has 1 unspecified atom stereocenters. The Kier molecular flexibility index (Phi) is 6.50. The van der Waals surface area contributed by atoms with Gasteiger partial charge in [-0.2, -0.15) is 4.31 Å². The minimum absolute atomic E-state index is 0.00166. The Morgan fingerprint density at radius 2 is 1.94 bits per heavy atom. The molecule has 2 heterocycles. The van der Waals surface area contributed by atoms with Gasteiger partial charge in [0.2, 0.25) is 15.9 Å². The first-order valence-electron chi connectivity index (χ1n) is 11.5. The summed E-state index contributed by atoms with van der Waals surface area (Å²) in [4.78, 5) is 16.1. The lowest BCUT2D eigenvalue weighted by molar-refractivity contribution is -0.153. The Bertz CT molecular complexity index is 1180. The van der Waals surface area contributed by atoms with Gasteiger partial charge in [0.1, 0.15) is 5.82 Å². The molecule has 2 aromatic rings. The van der Waals surface area contributed by atoms with E-state index in [4.69, 9.17) is 9.72 Å². The number of sulfonamides is 1. The number of alkyl halides is 2. The highest BCUT2D eigenvalue weighted by molar-refractivity contribution is 7.89. The van der Waals surface area contributed by atoms with Gasteiger partial charge in [0, 0.05) is 31.3 Å². The van der Waals surface area contributed by atoms with Crippen molar-refractivity contribution in [2.75, 3.05) is 19.7 Å². The highest BCUT2D eigenvalue weighted by Gasteiger charge is 2.37. The maximum absolute atomic E-state index is 13.6. The summed E-state index contributed by atoms with van der Waals surface area (Å²) in [6.07, 6.45) is -0.570. The Labute approximate surface area is 198 Å². The predicted octanol–water partition coefficient (Wildman–Crippen LogP) is 3.63. The third-order valence-electron chi connectivity index (χ3n) is 6.61. The number of ether oxygens (including phenoxy) is 1. The standard InChI is InChI=1S/C23H31F2N3O5S/c1-22(2,3)21-26-17-12-16(34(31,32)27-10-11-33-19(14-27)20(29)30)4-5-18(17)28(21)13-15-6-8-23(24,25)9-7-15/h4-5,12,15,19H,6-11,13-14H2,1-3H3,(H,29,30). The van der Waals surface area contributed by atoms with Crippen molar-refractivity contribution in [3.63, 3.8) is 0 Å². The van der Waals surface area contributed by atoms with Crippen LogP contribution in [-0.2, 0) is 31.5 Å². The second-order valence-electron chi connectivity index (χ2n) is 10.3. The number of aliphatic carboxylic acids is 1. The van der Waals surface area contributed by atoms with Crippen LogP contribution in [-0.4, -0.2) is 65.1 Å². The first-order chi connectivity index (χ1) is 15.8. The maximum atomic E-state index is 13.6. The van der Waals surface area contributed by atoms with E-state index in [0.717, 1.165) is 15.6 Å². The van der Waals surface area contributed by atoms with Gasteiger partial charge in [-0.05, 0) is 37.0 Å². The Balaban J connectivity index is 1.67. The molecule has 11 heteroatoms. The number of carbonyl (C=O) groups is 1. The number of rotatable bonds is 5. The van der Waals surface area contributed by atoms with E-state index in [9.17, 15) is 27.1 Å². The van der Waals surface area contributed by atoms with E-state index in [-0.39, 0.29) is 48.8 Å². The molecule has 1 aromatic carbocycles. The van der Waals surface area contributed by atoms with Crippen LogP contribution in [0.4, 0.5) is 8.78 Å². The fourth-order valence-corrected chi connectivity index (χ4v) is 6.16. The van der Waals surface area contributed by atoms with Gasteiger partial charge >= 0.3 is 5.97 Å². The molecule has 1 aliphatic heterocycles. The van der Waals surface area contributed by atoms with Crippen LogP contribution in [0.5, 0.6) is 0 Å². The second kappa shape index (κ2) is 8.83. The number of carboxylic acid groups (broad SMARTS) is 1. The van der Waals surface area contributed by atoms with Gasteiger partial charge in [0.25, 0.3) is 0 Å². The molecule has 188 valence electrons. The number of imidazole rings is 1. The SMILES string of the molecule is CC(C)(C)c1nc2cc(S(=O)(=O)N3CCOC(C(=O)O)C3)ccc2n1CC1CCC(F)(F)CC1. The topological polar surface area (TPSA) is 102 Å². The molecule has 0 bridgehead atoms. The van der Waals surface area contributed by atoms with Crippen LogP contribution in [0.25, 0.3) is 11.0 Å². The molecule has 1 aliphatic carbocycles. The zero-order chi connectivity index (χ0) is 24.9. The molecule has 4 rings (SSSR count). The van der Waals surface area contributed by atoms with Crippen molar-refractivity contribution in [1.29, 1.82) is 0 Å². The van der Waals surface area contributed by atoms with Crippen LogP contribution >= 0.6 is 0 Å². The third kappa shape index (κ3) is 4.96. The van der Waals surface area contributed by atoms with Crippen LogP contribution in [0.15, 0.2) is 23.1 Å². The summed E-state index contributed by atoms with van der Waals surface area (Å²) >= 11 is 0. The zero-order valence-corrected chi connectivity index (χ0v) is 20.4. The number of hydrogen-bond donors (Lipinski definition) is 1. The van der Waals surface area contributed by atoms with E-state index in [1.54, 1.807) is 6.07 Å². The van der Waals surface area contributed by atoms with E-state index in [1.807, 2.05) is 25.3 Å². The molecule has 0 amide bonds. The molecule has 2 fully saturated rings. The number of benzene rings is 1. The third-order valence-corrected chi connectivity index (χ3v) is 8.47. The molecule has 1 atom stereocenters. The normalized spacial score (nSPS) is 22.8. The average Bonchev–Trinajstić information content (AvgIpc) is 3.13. The Morgan fingerprint density at radius 1 is 1.26 bits per heavy atom. The number of aromatic nitrogens is 2. The highest BCUT2D eigenvalue weighted by atomic mass is 32.2. The van der Waals surface area contributed by atoms with Crippen molar-refractivity contribution in [1.82, 2.24) is 13.9 Å². The van der Waals surface area contributed by atoms with Crippen LogP contribution < -0.4 is 0 Å². The molecule has 1 N–H and O–H groups in total. The van der Waals surface area contributed by atoms with Crippen molar-refractivity contribution in [3.05, 3.63) is 24.0 Å². The summed E-state index contributed by atoms with van der Waals surface area (Å²) in [6.45, 7) is 6.39. The van der Waals surface area contributed by atoms with Gasteiger partial charge in [-0.25, -0.2) is 27.0 Å². The molecule has 1 saturated heterocycles. The summed E-state index contributed by atoms with van der Waals surface area (Å²) in [5.41, 5.74) is 0.928. The average molecular weight is 500 g/mol. The van der Waals surface area contributed by atoms with Crippen LogP contribution in [0, 0.1) is 5.92 Å². The molecular formula is C23H31F2N3O5S. The van der Waals surface area contributed by atoms with Crippen molar-refractivity contribution in [3.8, 4) is 0 Å². The lowest BCUT2D eigenvalue weighted by Gasteiger charge is -2.30. The van der Waals surface area contributed by atoms with Crippen LogP contribution in [0.3, 0.4) is 0 Å². The number of carboxylic acids is 1. The van der Waals surface area contributed by atoms with E-state index in [1.165, 1.54) is 12.1 Å². The molecule has 2 aliphatic rings. The number of halogens is 2. The van der Waals surface area contributed by atoms with Gasteiger partial charge in [-0.15, -0.1) is 0 Å². The van der Waals surface area contributed by atoms with E-state index in [0.29, 0.717) is 24.9 Å². The summed E-state index contributed by atoms with van der Waals surface area (Å²) in [5.74, 6) is -2.93. The van der Waals surface area contributed by atoms with E-state index in [2.05, 4.69) is 0 Å². The van der Waals surface area contributed by atoms with Crippen LogP contribution in [0.1, 0.15) is 52.3 Å². The van der Waals surface area contributed by atoms with Gasteiger partial charge in [0.15, 0.2) is 6.10 Å². The van der Waals surface area contributed by atoms with Crippen molar-refractivity contribution >= 4 is 27.0 Å². The molecule has 34 heavy (non-hydrogen) atoms. The lowest BCUT2D eigenvalue weighted by atomic mass is 9.86. The smallest absolute Gasteiger partial charge is 0.334 e. The highest BCUT2D eigenvalue weighted by Crippen LogP contribution is 2.38. The summed E-state index contributed by atoms with van der Waals surface area (Å²) in [6, 6.07) is 4.72. The summed E-state index contributed by atoms with van der Waals surface area (Å²) in [7, 11) is -3.94. The van der Waals surface area contributed by atoms with E-state index >= 15 is 0 Å². The number of morpholine rings is 1. The minimum atomic E-state index is -3.94. The number of nitrogens with zero attached hydrogens (tertiary/aromatic N) is 3. The largest absolute Gasteiger partial charge is 0.479 e. The van der Waals surface area contributed by atoms with Gasteiger partial charge in [-0.3, -0.25) is 0 Å². The monoisotopic (exact) mass is 499 g/mol. The fourth-order valence-electron chi connectivity index (χ4n) is 4.71. The van der Waals surface area contributed by atoms with E-state index < -0.39 is 28.0 Å². The van der Waals surface area contributed by atoms with Gasteiger partial charge in [-0.1, -0.05) is 20.8 Å². The van der Waals surface area contributed by atoms with Crippen LogP contribution in [0.2, 0.25) is 0 Å². The summed E-state index contributed by atoms with van der Waals surface area (Å²) < 4.78 is 62.1. The number of hydrogen-bond acceptors (Lipinski definition) is 5. The molecule has 8 nitrogen and oxygen atoms in total. The van der Waals surface area contributed by atoms with Crippen molar-refractivity contribution < 1.29 is 31.8 Å². The maximum Gasteiger partial charge on any atom is 0.334 e. The second-order valence-corrected chi connectivity index (χ2v) is 12.2. The molecule has 0 spiro atoms. The quantitative estimate of drug-likeness (QED) is 0.674.